The predicted octanol–water partition coefficient (Wildman–Crippen LogP) is 5.14. The van der Waals surface area contributed by atoms with Gasteiger partial charge in [0.1, 0.15) is 11.3 Å². The number of anilines is 1. The topological polar surface area (TPSA) is 77.8 Å². The Morgan fingerprint density at radius 1 is 1.28 bits per heavy atom. The van der Waals surface area contributed by atoms with Crippen LogP contribution in [0, 0.1) is 6.92 Å². The van der Waals surface area contributed by atoms with Crippen molar-refractivity contribution >= 4 is 50.1 Å². The molecule has 0 atom stereocenters. The summed E-state index contributed by atoms with van der Waals surface area (Å²) >= 11 is 8.97. The van der Waals surface area contributed by atoms with Crippen LogP contribution in [0.3, 0.4) is 0 Å². The van der Waals surface area contributed by atoms with Gasteiger partial charge in [0.05, 0.1) is 10.2 Å². The van der Waals surface area contributed by atoms with Crippen LogP contribution >= 0.6 is 27.5 Å². The van der Waals surface area contributed by atoms with Gasteiger partial charge in [0.15, 0.2) is 12.4 Å². The van der Waals surface area contributed by atoms with E-state index < -0.39 is 24.8 Å². The van der Waals surface area contributed by atoms with Crippen molar-refractivity contribution in [3.05, 3.63) is 61.9 Å². The van der Waals surface area contributed by atoms with Gasteiger partial charge in [-0.05, 0) is 52.7 Å². The third kappa shape index (κ3) is 5.24. The predicted molar refractivity (Wildman–Crippen MR) is 107 cm³/mol. The zero-order valence-corrected chi connectivity index (χ0v) is 17.1. The monoisotopic (exact) mass is 487 g/mol. The molecule has 0 spiro atoms. The van der Waals surface area contributed by atoms with Gasteiger partial charge in [-0.25, -0.2) is 4.79 Å². The van der Waals surface area contributed by atoms with E-state index in [0.29, 0.717) is 5.58 Å². The SMILES string of the molecule is Cc1cc(=O)oc2cc(OCC(=O)Nc3cc(Cl)cc(Br)c3OC(F)F)ccc12. The number of carbonyl (C=O) groups is 1. The summed E-state index contributed by atoms with van der Waals surface area (Å²) in [5.74, 6) is -0.609. The van der Waals surface area contributed by atoms with Gasteiger partial charge >= 0.3 is 12.2 Å². The van der Waals surface area contributed by atoms with E-state index in [2.05, 4.69) is 26.0 Å². The average molecular weight is 489 g/mol. The first-order valence-corrected chi connectivity index (χ1v) is 9.31. The van der Waals surface area contributed by atoms with E-state index in [9.17, 15) is 18.4 Å². The van der Waals surface area contributed by atoms with Crippen LogP contribution in [0.4, 0.5) is 14.5 Å². The number of nitrogens with one attached hydrogen (secondary N) is 1. The molecule has 0 fully saturated rings. The molecule has 0 aliphatic carbocycles. The zero-order valence-electron chi connectivity index (χ0n) is 14.8. The molecule has 10 heteroatoms. The van der Waals surface area contributed by atoms with Crippen LogP contribution < -0.4 is 20.4 Å². The summed E-state index contributed by atoms with van der Waals surface area (Å²) in [4.78, 5) is 23.7. The highest BCUT2D eigenvalue weighted by Gasteiger charge is 2.17. The van der Waals surface area contributed by atoms with Crippen LogP contribution in [0.1, 0.15) is 5.56 Å². The fraction of sp³-hybridized carbons (Fsp3) is 0.158. The van der Waals surface area contributed by atoms with Crippen LogP contribution in [-0.4, -0.2) is 19.1 Å². The molecule has 1 aromatic heterocycles. The number of hydrogen-bond donors (Lipinski definition) is 1. The van der Waals surface area contributed by atoms with Gasteiger partial charge in [0.2, 0.25) is 0 Å². The lowest BCUT2D eigenvalue weighted by Gasteiger charge is -2.14. The molecule has 29 heavy (non-hydrogen) atoms. The van der Waals surface area contributed by atoms with Crippen molar-refractivity contribution in [1.29, 1.82) is 0 Å². The van der Waals surface area contributed by atoms with E-state index in [-0.39, 0.29) is 26.7 Å². The largest absolute Gasteiger partial charge is 0.484 e. The minimum absolute atomic E-state index is 0.0431. The van der Waals surface area contributed by atoms with Gasteiger partial charge in [-0.1, -0.05) is 11.6 Å². The molecule has 152 valence electrons. The minimum Gasteiger partial charge on any atom is -0.484 e. The maximum absolute atomic E-state index is 12.6. The highest BCUT2D eigenvalue weighted by atomic mass is 79.9. The quantitative estimate of drug-likeness (QED) is 0.486. The van der Waals surface area contributed by atoms with E-state index in [4.69, 9.17) is 20.8 Å². The summed E-state index contributed by atoms with van der Waals surface area (Å²) in [6.07, 6.45) is 0. The second-order valence-electron chi connectivity index (χ2n) is 5.89. The Kier molecular flexibility index (Phi) is 6.39. The molecule has 1 amide bonds. The van der Waals surface area contributed by atoms with E-state index in [1.807, 2.05) is 0 Å². The lowest BCUT2D eigenvalue weighted by Crippen LogP contribution is -2.21. The highest BCUT2D eigenvalue weighted by Crippen LogP contribution is 2.37. The first kappa shape index (κ1) is 21.1. The fourth-order valence-electron chi connectivity index (χ4n) is 2.59. The molecule has 1 N–H and O–H groups in total. The van der Waals surface area contributed by atoms with Gasteiger partial charge < -0.3 is 19.2 Å². The summed E-state index contributed by atoms with van der Waals surface area (Å²) < 4.78 is 40.4. The maximum atomic E-state index is 12.6. The highest BCUT2D eigenvalue weighted by molar-refractivity contribution is 9.10. The second-order valence-corrected chi connectivity index (χ2v) is 7.18. The Bertz CT molecular complexity index is 1140. The number of hydrogen-bond acceptors (Lipinski definition) is 5. The summed E-state index contributed by atoms with van der Waals surface area (Å²) in [6, 6.07) is 8.80. The molecular weight excluding hydrogens is 476 g/mol. The first-order valence-electron chi connectivity index (χ1n) is 8.14. The number of fused-ring (bicyclic) bond motifs is 1. The second kappa shape index (κ2) is 8.79. The van der Waals surface area contributed by atoms with Gasteiger partial charge in [0.25, 0.3) is 5.91 Å². The molecule has 0 radical (unpaired) electrons. The maximum Gasteiger partial charge on any atom is 0.387 e. The van der Waals surface area contributed by atoms with Crippen LogP contribution in [0.25, 0.3) is 11.0 Å². The van der Waals surface area contributed by atoms with Crippen molar-refractivity contribution in [2.24, 2.45) is 0 Å². The number of rotatable bonds is 6. The zero-order chi connectivity index (χ0) is 21.1. The Morgan fingerprint density at radius 3 is 2.76 bits per heavy atom. The standard InChI is InChI=1S/C19H13BrClF2NO5/c1-9-4-17(26)28-15-7-11(2-3-12(9)15)27-8-16(25)24-14-6-10(21)5-13(20)18(14)29-19(22)23/h2-7,19H,8H2,1H3,(H,24,25). The molecular formula is C19H13BrClF2NO5. The summed E-state index contributed by atoms with van der Waals surface area (Å²) in [5.41, 5.74) is 0.527. The van der Waals surface area contributed by atoms with E-state index in [0.717, 1.165) is 10.9 Å². The normalized spacial score (nSPS) is 11.0. The number of aryl methyl sites for hydroxylation is 1. The van der Waals surface area contributed by atoms with Gasteiger partial charge in [-0.2, -0.15) is 8.78 Å². The number of carbonyl (C=O) groups excluding carboxylic acids is 1. The number of alkyl halides is 2. The van der Waals surface area contributed by atoms with Crippen molar-refractivity contribution < 1.29 is 27.5 Å². The molecule has 3 aromatic rings. The molecule has 0 saturated heterocycles. The van der Waals surface area contributed by atoms with Crippen LogP contribution in [0.15, 0.2) is 50.1 Å². The van der Waals surface area contributed by atoms with Crippen LogP contribution in [0.5, 0.6) is 11.5 Å². The Morgan fingerprint density at radius 2 is 2.03 bits per heavy atom. The van der Waals surface area contributed by atoms with Gasteiger partial charge in [-0.15, -0.1) is 0 Å². The average Bonchev–Trinajstić information content (AvgIpc) is 2.62. The molecule has 1 heterocycles. The summed E-state index contributed by atoms with van der Waals surface area (Å²) in [6.45, 7) is -1.75. The first-order chi connectivity index (χ1) is 13.7. The third-order valence-corrected chi connectivity index (χ3v) is 4.59. The molecule has 2 aromatic carbocycles. The molecule has 0 saturated carbocycles. The molecule has 0 bridgehead atoms. The van der Waals surface area contributed by atoms with E-state index >= 15 is 0 Å². The van der Waals surface area contributed by atoms with Crippen molar-refractivity contribution in [3.63, 3.8) is 0 Å². The minimum atomic E-state index is -3.09. The fourth-order valence-corrected chi connectivity index (χ4v) is 3.50. The number of amides is 1. The van der Waals surface area contributed by atoms with Gasteiger partial charge in [-0.3, -0.25) is 4.79 Å². The van der Waals surface area contributed by atoms with Gasteiger partial charge in [0, 0.05) is 22.5 Å². The summed E-state index contributed by atoms with van der Waals surface area (Å²) in [5, 5.41) is 3.35. The Balaban J connectivity index is 1.74. The smallest absolute Gasteiger partial charge is 0.387 e. The van der Waals surface area contributed by atoms with Crippen molar-refractivity contribution in [2.45, 2.75) is 13.5 Å². The molecule has 6 nitrogen and oxygen atoms in total. The lowest BCUT2D eigenvalue weighted by atomic mass is 10.1. The Hall–Kier alpha value is -2.65. The number of ether oxygens (including phenoxy) is 2. The number of benzene rings is 2. The number of halogens is 4. The molecule has 3 rings (SSSR count). The van der Waals surface area contributed by atoms with Crippen molar-refractivity contribution in [3.8, 4) is 11.5 Å². The van der Waals surface area contributed by atoms with Crippen molar-refractivity contribution in [2.75, 3.05) is 11.9 Å². The molecule has 0 unspecified atom stereocenters. The molecule has 0 aliphatic heterocycles. The third-order valence-electron chi connectivity index (χ3n) is 3.78. The Labute approximate surface area is 176 Å². The molecule has 0 aliphatic rings. The summed E-state index contributed by atoms with van der Waals surface area (Å²) in [7, 11) is 0. The lowest BCUT2D eigenvalue weighted by molar-refractivity contribution is -0.118. The van der Waals surface area contributed by atoms with Crippen LogP contribution in [0.2, 0.25) is 5.02 Å². The van der Waals surface area contributed by atoms with Crippen molar-refractivity contribution in [1.82, 2.24) is 0 Å². The van der Waals surface area contributed by atoms with Crippen LogP contribution in [-0.2, 0) is 4.79 Å². The van der Waals surface area contributed by atoms with E-state index in [1.54, 1.807) is 19.1 Å². The van der Waals surface area contributed by atoms with E-state index in [1.165, 1.54) is 24.3 Å².